The van der Waals surface area contributed by atoms with Crippen LogP contribution in [0.15, 0.2) is 36.4 Å². The lowest BCUT2D eigenvalue weighted by atomic mass is 10.1. The Balaban J connectivity index is 2.20. The number of hydrogen-bond acceptors (Lipinski definition) is 2. The largest absolute Gasteiger partial charge is 0.507 e. The average Bonchev–Trinajstić information content (AvgIpc) is 2.42. The number of aromatic hydroxyl groups is 1. The van der Waals surface area contributed by atoms with E-state index in [4.69, 9.17) is 0 Å². The third kappa shape index (κ3) is 3.05. The van der Waals surface area contributed by atoms with E-state index in [0.717, 1.165) is 10.8 Å². The third-order valence-electron chi connectivity index (χ3n) is 2.82. The highest BCUT2D eigenvalue weighted by Crippen LogP contribution is 2.24. The molecule has 0 aliphatic rings. The smallest absolute Gasteiger partial charge is 0.255 e. The summed E-state index contributed by atoms with van der Waals surface area (Å²) in [7, 11) is 0. The first-order chi connectivity index (χ1) is 9.22. The number of carbonyl (C=O) groups is 1. The Kier molecular flexibility index (Phi) is 4.04. The standard InChI is InChI=1S/C16H15NO2/c1-2-3-6-9-17-16(19)14-10-12-7-4-5-8-13(12)11-15(14)18/h4-5,7-8,10-11,18H,6,9H2,1H3,(H,17,19). The highest BCUT2D eigenvalue weighted by Gasteiger charge is 2.11. The number of hydrogen-bond donors (Lipinski definition) is 2. The van der Waals surface area contributed by atoms with E-state index in [1.54, 1.807) is 19.1 Å². The molecule has 0 radical (unpaired) electrons. The molecule has 0 atom stereocenters. The zero-order valence-corrected chi connectivity index (χ0v) is 10.7. The van der Waals surface area contributed by atoms with E-state index in [2.05, 4.69) is 17.2 Å². The Morgan fingerprint density at radius 3 is 2.63 bits per heavy atom. The fourth-order valence-corrected chi connectivity index (χ4v) is 1.87. The van der Waals surface area contributed by atoms with E-state index in [-0.39, 0.29) is 11.7 Å². The fraction of sp³-hybridized carbons (Fsp3) is 0.188. The van der Waals surface area contributed by atoms with Crippen molar-refractivity contribution in [3.8, 4) is 17.6 Å². The third-order valence-corrected chi connectivity index (χ3v) is 2.82. The maximum Gasteiger partial charge on any atom is 0.255 e. The van der Waals surface area contributed by atoms with E-state index in [9.17, 15) is 9.90 Å². The van der Waals surface area contributed by atoms with Gasteiger partial charge in [0.25, 0.3) is 5.91 Å². The van der Waals surface area contributed by atoms with E-state index in [1.807, 2.05) is 24.3 Å². The molecule has 0 fully saturated rings. The summed E-state index contributed by atoms with van der Waals surface area (Å²) >= 11 is 0. The lowest BCUT2D eigenvalue weighted by Crippen LogP contribution is -2.24. The molecule has 3 nitrogen and oxygen atoms in total. The molecule has 0 saturated carbocycles. The maximum absolute atomic E-state index is 12.0. The van der Waals surface area contributed by atoms with Crippen molar-refractivity contribution in [3.63, 3.8) is 0 Å². The van der Waals surface area contributed by atoms with Gasteiger partial charge >= 0.3 is 0 Å². The van der Waals surface area contributed by atoms with E-state index in [0.29, 0.717) is 18.5 Å². The summed E-state index contributed by atoms with van der Waals surface area (Å²) in [5.41, 5.74) is 0.295. The number of fused-ring (bicyclic) bond motifs is 1. The highest BCUT2D eigenvalue weighted by molar-refractivity contribution is 6.01. The summed E-state index contributed by atoms with van der Waals surface area (Å²) in [6, 6.07) is 10.9. The quantitative estimate of drug-likeness (QED) is 0.652. The molecule has 2 aromatic carbocycles. The van der Waals surface area contributed by atoms with Gasteiger partial charge in [-0.05, 0) is 29.8 Å². The van der Waals surface area contributed by atoms with Crippen molar-refractivity contribution in [2.24, 2.45) is 0 Å². The van der Waals surface area contributed by atoms with Crippen LogP contribution in [0.5, 0.6) is 5.75 Å². The van der Waals surface area contributed by atoms with Crippen LogP contribution in [-0.4, -0.2) is 17.6 Å². The Hall–Kier alpha value is -2.47. The first kappa shape index (κ1) is 13.0. The molecule has 1 amide bonds. The van der Waals surface area contributed by atoms with Crippen LogP contribution >= 0.6 is 0 Å². The zero-order valence-electron chi connectivity index (χ0n) is 10.7. The van der Waals surface area contributed by atoms with Crippen LogP contribution in [0.4, 0.5) is 0 Å². The van der Waals surface area contributed by atoms with Crippen molar-refractivity contribution < 1.29 is 9.90 Å². The fourth-order valence-electron chi connectivity index (χ4n) is 1.87. The Morgan fingerprint density at radius 1 is 1.26 bits per heavy atom. The number of phenolic OH excluding ortho intramolecular Hbond substituents is 1. The number of amides is 1. The second-order valence-electron chi connectivity index (χ2n) is 4.15. The summed E-state index contributed by atoms with van der Waals surface area (Å²) in [5.74, 6) is 5.36. The highest BCUT2D eigenvalue weighted by atomic mass is 16.3. The van der Waals surface area contributed by atoms with Crippen LogP contribution in [-0.2, 0) is 0 Å². The molecule has 96 valence electrons. The van der Waals surface area contributed by atoms with Gasteiger partial charge in [0.2, 0.25) is 0 Å². The van der Waals surface area contributed by atoms with Gasteiger partial charge in [-0.3, -0.25) is 4.79 Å². The summed E-state index contributed by atoms with van der Waals surface area (Å²) < 4.78 is 0. The molecule has 0 aliphatic carbocycles. The molecule has 0 aromatic heterocycles. The minimum absolute atomic E-state index is 0.00206. The number of phenols is 1. The number of carbonyl (C=O) groups excluding carboxylic acids is 1. The zero-order chi connectivity index (χ0) is 13.7. The van der Waals surface area contributed by atoms with Gasteiger partial charge in [-0.25, -0.2) is 0 Å². The molecule has 0 spiro atoms. The summed E-state index contributed by atoms with van der Waals surface area (Å²) in [6.07, 6.45) is 0.608. The van der Waals surface area contributed by atoms with Crippen molar-refractivity contribution in [1.29, 1.82) is 0 Å². The molecule has 2 N–H and O–H groups in total. The van der Waals surface area contributed by atoms with Crippen molar-refractivity contribution in [3.05, 3.63) is 42.0 Å². The predicted molar refractivity (Wildman–Crippen MR) is 76.0 cm³/mol. The molecular formula is C16H15NO2. The van der Waals surface area contributed by atoms with Crippen LogP contribution in [0, 0.1) is 11.8 Å². The number of benzene rings is 2. The maximum atomic E-state index is 12.0. The SMILES string of the molecule is CC#CCCNC(=O)c1cc2ccccc2cc1O. The first-order valence-corrected chi connectivity index (χ1v) is 6.12. The van der Waals surface area contributed by atoms with Crippen molar-refractivity contribution in [2.45, 2.75) is 13.3 Å². The summed E-state index contributed by atoms with van der Waals surface area (Å²) in [6.45, 7) is 2.24. The Bertz CT molecular complexity index is 665. The molecule has 0 saturated heterocycles. The first-order valence-electron chi connectivity index (χ1n) is 6.12. The van der Waals surface area contributed by atoms with Gasteiger partial charge < -0.3 is 10.4 Å². The molecule has 2 rings (SSSR count). The molecule has 0 unspecified atom stereocenters. The van der Waals surface area contributed by atoms with Gasteiger partial charge in [-0.1, -0.05) is 24.3 Å². The topological polar surface area (TPSA) is 49.3 Å². The lowest BCUT2D eigenvalue weighted by Gasteiger charge is -2.07. The van der Waals surface area contributed by atoms with Gasteiger partial charge in [-0.15, -0.1) is 11.8 Å². The second-order valence-corrected chi connectivity index (χ2v) is 4.15. The van der Waals surface area contributed by atoms with Gasteiger partial charge in [0.1, 0.15) is 5.75 Å². The molecule has 0 aliphatic heterocycles. The normalized spacial score (nSPS) is 9.74. The lowest BCUT2D eigenvalue weighted by molar-refractivity contribution is 0.0952. The monoisotopic (exact) mass is 253 g/mol. The minimum Gasteiger partial charge on any atom is -0.507 e. The van der Waals surface area contributed by atoms with E-state index >= 15 is 0 Å². The number of nitrogens with one attached hydrogen (secondary N) is 1. The van der Waals surface area contributed by atoms with Crippen molar-refractivity contribution >= 4 is 16.7 Å². The van der Waals surface area contributed by atoms with Crippen molar-refractivity contribution in [2.75, 3.05) is 6.54 Å². The molecule has 2 aromatic rings. The second kappa shape index (κ2) is 5.92. The van der Waals surface area contributed by atoms with Gasteiger partial charge in [0, 0.05) is 13.0 Å². The predicted octanol–water partition coefficient (Wildman–Crippen LogP) is 2.69. The van der Waals surface area contributed by atoms with E-state index < -0.39 is 0 Å². The molecule has 19 heavy (non-hydrogen) atoms. The summed E-state index contributed by atoms with van der Waals surface area (Å²) in [5, 5.41) is 14.5. The van der Waals surface area contributed by atoms with Crippen LogP contribution in [0.1, 0.15) is 23.7 Å². The molecule has 0 heterocycles. The average molecular weight is 253 g/mol. The number of rotatable bonds is 3. The van der Waals surface area contributed by atoms with Crippen LogP contribution in [0.3, 0.4) is 0 Å². The van der Waals surface area contributed by atoms with Crippen LogP contribution < -0.4 is 5.32 Å². The Morgan fingerprint density at radius 2 is 1.95 bits per heavy atom. The minimum atomic E-state index is -0.277. The van der Waals surface area contributed by atoms with E-state index in [1.165, 1.54) is 0 Å². The van der Waals surface area contributed by atoms with Gasteiger partial charge in [0.05, 0.1) is 5.56 Å². The van der Waals surface area contributed by atoms with Gasteiger partial charge in [-0.2, -0.15) is 0 Å². The molecule has 0 bridgehead atoms. The van der Waals surface area contributed by atoms with Crippen LogP contribution in [0.25, 0.3) is 10.8 Å². The van der Waals surface area contributed by atoms with Crippen LogP contribution in [0.2, 0.25) is 0 Å². The summed E-state index contributed by atoms with van der Waals surface area (Å²) in [4.78, 5) is 12.0. The Labute approximate surface area is 112 Å². The molecule has 3 heteroatoms. The van der Waals surface area contributed by atoms with Crippen molar-refractivity contribution in [1.82, 2.24) is 5.32 Å². The van der Waals surface area contributed by atoms with Gasteiger partial charge in [0.15, 0.2) is 0 Å². The molecular weight excluding hydrogens is 238 g/mol.